The van der Waals surface area contributed by atoms with Crippen molar-refractivity contribution in [1.29, 1.82) is 0 Å². The molecule has 5 rings (SSSR count). The van der Waals surface area contributed by atoms with Crippen LogP contribution in [-0.2, 0) is 16.6 Å². The Morgan fingerprint density at radius 3 is 2.56 bits per heavy atom. The van der Waals surface area contributed by atoms with E-state index in [1.165, 1.54) is 32.1 Å². The van der Waals surface area contributed by atoms with Gasteiger partial charge in [-0.1, -0.05) is 43.7 Å². The number of H-pyrrole nitrogens is 1. The second kappa shape index (κ2) is 9.34. The standard InChI is InChI=1S/C26H34N4O3S/c1-4-19-16-29(17-19)13-14-33-21-11-9-20(10-12-21)26-25-23(22-7-5-6-8-24(22)28-25)15-18(2)30(26)34(31,32)27-3/h5-12,18-19,26-28H,4,13-17H2,1-3H3/t18-,26-/m1/s1. The predicted octanol–water partition coefficient (Wildman–Crippen LogP) is 3.69. The number of aromatic nitrogens is 1. The lowest BCUT2D eigenvalue weighted by molar-refractivity contribution is 0.0806. The molecule has 1 aromatic heterocycles. The van der Waals surface area contributed by atoms with Gasteiger partial charge in [0.2, 0.25) is 0 Å². The highest BCUT2D eigenvalue weighted by Gasteiger charge is 2.41. The fourth-order valence-corrected chi connectivity index (χ4v) is 6.66. The molecule has 0 bridgehead atoms. The Labute approximate surface area is 202 Å². The monoisotopic (exact) mass is 482 g/mol. The summed E-state index contributed by atoms with van der Waals surface area (Å²) in [6, 6.07) is 15.4. The molecule has 0 aliphatic carbocycles. The lowest BCUT2D eigenvalue weighted by Crippen LogP contribution is -2.50. The molecule has 2 atom stereocenters. The van der Waals surface area contributed by atoms with E-state index in [0.29, 0.717) is 13.0 Å². The predicted molar refractivity (Wildman–Crippen MR) is 135 cm³/mol. The molecule has 2 N–H and O–H groups in total. The van der Waals surface area contributed by atoms with E-state index < -0.39 is 16.3 Å². The maximum Gasteiger partial charge on any atom is 0.280 e. The van der Waals surface area contributed by atoms with E-state index in [1.807, 2.05) is 49.4 Å². The summed E-state index contributed by atoms with van der Waals surface area (Å²) in [6.07, 6.45) is 1.91. The van der Waals surface area contributed by atoms with Crippen LogP contribution in [0.15, 0.2) is 48.5 Å². The van der Waals surface area contributed by atoms with Gasteiger partial charge in [0.05, 0.1) is 6.04 Å². The molecule has 34 heavy (non-hydrogen) atoms. The minimum Gasteiger partial charge on any atom is -0.492 e. The number of rotatable bonds is 8. The highest BCUT2D eigenvalue weighted by molar-refractivity contribution is 7.87. The number of aromatic amines is 1. The van der Waals surface area contributed by atoms with Crippen LogP contribution >= 0.6 is 0 Å². The van der Waals surface area contributed by atoms with Crippen LogP contribution < -0.4 is 9.46 Å². The van der Waals surface area contributed by atoms with E-state index in [4.69, 9.17) is 4.74 Å². The Kier molecular flexibility index (Phi) is 6.41. The summed E-state index contributed by atoms with van der Waals surface area (Å²) in [7, 11) is -2.19. The van der Waals surface area contributed by atoms with Crippen LogP contribution in [0.5, 0.6) is 5.75 Å². The van der Waals surface area contributed by atoms with Crippen molar-refractivity contribution in [1.82, 2.24) is 18.9 Å². The topological polar surface area (TPSA) is 77.7 Å². The second-order valence-electron chi connectivity index (χ2n) is 9.51. The molecule has 182 valence electrons. The van der Waals surface area contributed by atoms with Gasteiger partial charge in [-0.05, 0) is 48.6 Å². The Balaban J connectivity index is 1.41. The summed E-state index contributed by atoms with van der Waals surface area (Å²) < 4.78 is 36.3. The molecule has 1 fully saturated rings. The van der Waals surface area contributed by atoms with E-state index in [-0.39, 0.29) is 6.04 Å². The second-order valence-corrected chi connectivity index (χ2v) is 11.3. The van der Waals surface area contributed by atoms with Gasteiger partial charge in [0.25, 0.3) is 10.2 Å². The molecular weight excluding hydrogens is 448 g/mol. The molecule has 1 saturated heterocycles. The number of likely N-dealkylation sites (tertiary alicyclic amines) is 1. The van der Waals surface area contributed by atoms with Crippen LogP contribution in [0.3, 0.4) is 0 Å². The molecule has 0 saturated carbocycles. The molecule has 2 aromatic carbocycles. The Bertz CT molecular complexity index is 1250. The normalized spacial score (nSPS) is 22.0. The van der Waals surface area contributed by atoms with E-state index in [1.54, 1.807) is 4.31 Å². The van der Waals surface area contributed by atoms with Gasteiger partial charge in [0.1, 0.15) is 12.4 Å². The van der Waals surface area contributed by atoms with Crippen LogP contribution in [-0.4, -0.2) is 61.9 Å². The Morgan fingerprint density at radius 2 is 1.85 bits per heavy atom. The zero-order chi connectivity index (χ0) is 23.9. The summed E-state index contributed by atoms with van der Waals surface area (Å²) in [4.78, 5) is 5.94. The smallest absolute Gasteiger partial charge is 0.280 e. The summed E-state index contributed by atoms with van der Waals surface area (Å²) in [6.45, 7) is 8.15. The minimum atomic E-state index is -3.66. The average molecular weight is 483 g/mol. The molecule has 0 spiro atoms. The molecule has 0 radical (unpaired) electrons. The largest absolute Gasteiger partial charge is 0.492 e. The highest BCUT2D eigenvalue weighted by Crippen LogP contribution is 2.42. The Hall–Kier alpha value is -2.39. The number of hydrogen-bond acceptors (Lipinski definition) is 4. The third-order valence-electron chi connectivity index (χ3n) is 7.33. The summed E-state index contributed by atoms with van der Waals surface area (Å²) in [5.41, 5.74) is 4.08. The number of benzene rings is 2. The third-order valence-corrected chi connectivity index (χ3v) is 8.97. The summed E-state index contributed by atoms with van der Waals surface area (Å²) in [5, 5.41) is 1.16. The van der Waals surface area contributed by atoms with Crippen LogP contribution in [0.2, 0.25) is 0 Å². The molecule has 2 aliphatic heterocycles. The van der Waals surface area contributed by atoms with Crippen LogP contribution in [0, 0.1) is 5.92 Å². The van der Waals surface area contributed by atoms with Gasteiger partial charge in [-0.15, -0.1) is 0 Å². The van der Waals surface area contributed by atoms with E-state index in [2.05, 4.69) is 27.6 Å². The number of nitrogens with zero attached hydrogens (tertiary/aromatic N) is 2. The van der Waals surface area contributed by atoms with Crippen LogP contribution in [0.4, 0.5) is 0 Å². The third kappa shape index (κ3) is 4.24. The lowest BCUT2D eigenvalue weighted by Gasteiger charge is -2.39. The van der Waals surface area contributed by atoms with Crippen molar-refractivity contribution in [2.24, 2.45) is 5.92 Å². The maximum atomic E-state index is 13.1. The first-order valence-corrected chi connectivity index (χ1v) is 13.6. The van der Waals surface area contributed by atoms with Crippen molar-refractivity contribution < 1.29 is 13.2 Å². The quantitative estimate of drug-likeness (QED) is 0.513. The van der Waals surface area contributed by atoms with Gasteiger partial charge >= 0.3 is 0 Å². The highest BCUT2D eigenvalue weighted by atomic mass is 32.2. The number of nitrogens with one attached hydrogen (secondary N) is 2. The molecule has 3 heterocycles. The molecule has 0 amide bonds. The number of hydrogen-bond donors (Lipinski definition) is 2. The number of para-hydroxylation sites is 1. The SMILES string of the molecule is CCC1CN(CCOc2ccc([C@@H]3c4[nH]c5ccccc5c4C[C@@H](C)N3S(=O)(=O)NC)cc2)C1. The van der Waals surface area contributed by atoms with Gasteiger partial charge in [0, 0.05) is 49.3 Å². The van der Waals surface area contributed by atoms with Gasteiger partial charge in [-0.3, -0.25) is 4.90 Å². The van der Waals surface area contributed by atoms with Crippen molar-refractivity contribution >= 4 is 21.1 Å². The first kappa shape index (κ1) is 23.4. The van der Waals surface area contributed by atoms with Crippen molar-refractivity contribution in [3.8, 4) is 5.75 Å². The Morgan fingerprint density at radius 1 is 1.12 bits per heavy atom. The van der Waals surface area contributed by atoms with Gasteiger partial charge in [0.15, 0.2) is 0 Å². The molecule has 8 heteroatoms. The molecular formula is C26H34N4O3S. The van der Waals surface area contributed by atoms with E-state index >= 15 is 0 Å². The average Bonchev–Trinajstić information content (AvgIpc) is 3.18. The maximum absolute atomic E-state index is 13.1. The van der Waals surface area contributed by atoms with Gasteiger partial charge in [-0.25, -0.2) is 4.72 Å². The fraction of sp³-hybridized carbons (Fsp3) is 0.462. The number of fused-ring (bicyclic) bond motifs is 3. The lowest BCUT2D eigenvalue weighted by atomic mass is 9.91. The zero-order valence-electron chi connectivity index (χ0n) is 20.1. The van der Waals surface area contributed by atoms with Crippen molar-refractivity contribution in [3.05, 3.63) is 65.4 Å². The first-order chi connectivity index (χ1) is 16.4. The van der Waals surface area contributed by atoms with Crippen LogP contribution in [0.1, 0.15) is 43.1 Å². The zero-order valence-corrected chi connectivity index (χ0v) is 20.9. The van der Waals surface area contributed by atoms with Crippen molar-refractivity contribution in [3.63, 3.8) is 0 Å². The summed E-state index contributed by atoms with van der Waals surface area (Å²) in [5.74, 6) is 1.64. The van der Waals surface area contributed by atoms with E-state index in [9.17, 15) is 8.42 Å². The van der Waals surface area contributed by atoms with Crippen molar-refractivity contribution in [2.75, 3.05) is 33.3 Å². The van der Waals surface area contributed by atoms with Gasteiger partial charge in [-0.2, -0.15) is 12.7 Å². The first-order valence-electron chi connectivity index (χ1n) is 12.2. The summed E-state index contributed by atoms with van der Waals surface area (Å²) >= 11 is 0. The molecule has 3 aromatic rings. The van der Waals surface area contributed by atoms with Crippen molar-refractivity contribution in [2.45, 2.75) is 38.8 Å². The molecule has 0 unspecified atom stereocenters. The van der Waals surface area contributed by atoms with E-state index in [0.717, 1.165) is 40.4 Å². The fourth-order valence-electron chi connectivity index (χ4n) is 5.39. The minimum absolute atomic E-state index is 0.187. The van der Waals surface area contributed by atoms with Gasteiger partial charge < -0.3 is 9.72 Å². The number of ether oxygens (including phenoxy) is 1. The molecule has 2 aliphatic rings. The van der Waals surface area contributed by atoms with Crippen LogP contribution in [0.25, 0.3) is 10.9 Å². The molecule has 7 nitrogen and oxygen atoms in total.